The van der Waals surface area contributed by atoms with Gasteiger partial charge in [0.15, 0.2) is 0 Å². The Balaban J connectivity index is 1.92. The molecule has 1 saturated carbocycles. The molecule has 0 saturated heterocycles. The van der Waals surface area contributed by atoms with E-state index in [1.165, 1.54) is 12.8 Å². The number of nitrogens with one attached hydrogen (secondary N) is 1. The average molecular weight is 258 g/mol. The summed E-state index contributed by atoms with van der Waals surface area (Å²) in [5, 5.41) is 3.10. The van der Waals surface area contributed by atoms with Gasteiger partial charge in [-0.1, -0.05) is 32.4 Å². The number of anilines is 1. The third-order valence-electron chi connectivity index (χ3n) is 3.94. The molecule has 1 aliphatic rings. The van der Waals surface area contributed by atoms with Crippen molar-refractivity contribution < 1.29 is 4.79 Å². The SMILES string of the molecule is CC1(C)CCCC1NC(=O)/C=C/c1ccc(N)cc1. The Hall–Kier alpha value is -1.77. The number of nitrogens with two attached hydrogens (primary N) is 1. The van der Waals surface area contributed by atoms with Crippen molar-refractivity contribution in [2.24, 2.45) is 5.41 Å². The smallest absolute Gasteiger partial charge is 0.244 e. The summed E-state index contributed by atoms with van der Waals surface area (Å²) in [5.41, 5.74) is 7.54. The van der Waals surface area contributed by atoms with Gasteiger partial charge in [-0.2, -0.15) is 0 Å². The first-order valence-electron chi connectivity index (χ1n) is 6.81. The first-order chi connectivity index (χ1) is 8.97. The van der Waals surface area contributed by atoms with Gasteiger partial charge in [-0.3, -0.25) is 4.79 Å². The molecule has 0 aromatic heterocycles. The molecule has 0 spiro atoms. The number of carbonyl (C=O) groups excluding carboxylic acids is 1. The van der Waals surface area contributed by atoms with Crippen molar-refractivity contribution in [2.75, 3.05) is 5.73 Å². The molecule has 1 aromatic carbocycles. The quantitative estimate of drug-likeness (QED) is 0.647. The molecule has 2 rings (SSSR count). The molecule has 3 heteroatoms. The Labute approximate surface area is 114 Å². The highest BCUT2D eigenvalue weighted by Crippen LogP contribution is 2.37. The molecule has 1 aliphatic carbocycles. The van der Waals surface area contributed by atoms with E-state index in [-0.39, 0.29) is 17.4 Å². The number of rotatable bonds is 3. The third kappa shape index (κ3) is 3.60. The van der Waals surface area contributed by atoms with Crippen LogP contribution in [0.5, 0.6) is 0 Å². The monoisotopic (exact) mass is 258 g/mol. The summed E-state index contributed by atoms with van der Waals surface area (Å²) in [7, 11) is 0. The van der Waals surface area contributed by atoms with Gasteiger partial charge in [-0.15, -0.1) is 0 Å². The largest absolute Gasteiger partial charge is 0.399 e. The maximum absolute atomic E-state index is 11.9. The lowest BCUT2D eigenvalue weighted by Gasteiger charge is -2.27. The van der Waals surface area contributed by atoms with Crippen molar-refractivity contribution in [2.45, 2.75) is 39.2 Å². The highest BCUT2D eigenvalue weighted by molar-refractivity contribution is 5.92. The van der Waals surface area contributed by atoms with E-state index in [2.05, 4.69) is 19.2 Å². The molecule has 0 heterocycles. The molecule has 1 aromatic rings. The van der Waals surface area contributed by atoms with E-state index in [1.807, 2.05) is 30.3 Å². The van der Waals surface area contributed by atoms with E-state index in [0.29, 0.717) is 0 Å². The minimum absolute atomic E-state index is 0.0169. The van der Waals surface area contributed by atoms with Gasteiger partial charge >= 0.3 is 0 Å². The molecule has 3 nitrogen and oxygen atoms in total. The molecule has 1 amide bonds. The van der Waals surface area contributed by atoms with Crippen LogP contribution >= 0.6 is 0 Å². The minimum atomic E-state index is -0.0169. The molecular formula is C16H22N2O. The van der Waals surface area contributed by atoms with Crippen molar-refractivity contribution in [3.05, 3.63) is 35.9 Å². The van der Waals surface area contributed by atoms with Crippen molar-refractivity contribution in [1.29, 1.82) is 0 Å². The first kappa shape index (κ1) is 13.7. The van der Waals surface area contributed by atoms with Gasteiger partial charge in [0.1, 0.15) is 0 Å². The molecule has 19 heavy (non-hydrogen) atoms. The average Bonchev–Trinajstić information content (AvgIpc) is 2.68. The van der Waals surface area contributed by atoms with Crippen LogP contribution in [0.3, 0.4) is 0 Å². The number of benzene rings is 1. The van der Waals surface area contributed by atoms with Gasteiger partial charge in [-0.25, -0.2) is 0 Å². The van der Waals surface area contributed by atoms with Gasteiger partial charge in [-0.05, 0) is 42.0 Å². The number of nitrogen functional groups attached to an aromatic ring is 1. The Bertz CT molecular complexity index is 474. The summed E-state index contributed by atoms with van der Waals surface area (Å²) >= 11 is 0. The highest BCUT2D eigenvalue weighted by Gasteiger charge is 2.34. The number of carbonyl (C=O) groups is 1. The van der Waals surface area contributed by atoms with E-state index in [4.69, 9.17) is 5.73 Å². The lowest BCUT2D eigenvalue weighted by molar-refractivity contribution is -0.117. The number of hydrogen-bond acceptors (Lipinski definition) is 2. The van der Waals surface area contributed by atoms with Crippen LogP contribution in [0.1, 0.15) is 38.7 Å². The van der Waals surface area contributed by atoms with Gasteiger partial charge in [0.2, 0.25) is 5.91 Å². The fourth-order valence-corrected chi connectivity index (χ4v) is 2.59. The molecule has 102 valence electrons. The second kappa shape index (κ2) is 5.47. The van der Waals surface area contributed by atoms with Crippen molar-refractivity contribution >= 4 is 17.7 Å². The van der Waals surface area contributed by atoms with E-state index < -0.39 is 0 Å². The summed E-state index contributed by atoms with van der Waals surface area (Å²) in [4.78, 5) is 11.9. The van der Waals surface area contributed by atoms with Crippen LogP contribution in [0.25, 0.3) is 6.08 Å². The van der Waals surface area contributed by atoms with Crippen molar-refractivity contribution in [3.8, 4) is 0 Å². The van der Waals surface area contributed by atoms with Gasteiger partial charge in [0, 0.05) is 17.8 Å². The summed E-state index contributed by atoms with van der Waals surface area (Å²) in [6.45, 7) is 4.43. The maximum atomic E-state index is 11.9. The van der Waals surface area contributed by atoms with E-state index in [9.17, 15) is 4.79 Å². The molecular weight excluding hydrogens is 236 g/mol. The lowest BCUT2D eigenvalue weighted by atomic mass is 9.87. The van der Waals surface area contributed by atoms with Crippen molar-refractivity contribution in [1.82, 2.24) is 5.32 Å². The second-order valence-corrected chi connectivity index (χ2v) is 5.94. The summed E-state index contributed by atoms with van der Waals surface area (Å²) in [6, 6.07) is 7.75. The van der Waals surface area contributed by atoms with Crippen LogP contribution in [0.15, 0.2) is 30.3 Å². The predicted molar refractivity (Wildman–Crippen MR) is 79.5 cm³/mol. The predicted octanol–water partition coefficient (Wildman–Crippen LogP) is 2.98. The van der Waals surface area contributed by atoms with Crippen LogP contribution in [-0.4, -0.2) is 11.9 Å². The minimum Gasteiger partial charge on any atom is -0.399 e. The zero-order chi connectivity index (χ0) is 13.9. The van der Waals surface area contributed by atoms with Crippen LogP contribution in [0.2, 0.25) is 0 Å². The first-order valence-corrected chi connectivity index (χ1v) is 6.81. The Morgan fingerprint density at radius 3 is 2.63 bits per heavy atom. The third-order valence-corrected chi connectivity index (χ3v) is 3.94. The summed E-state index contributed by atoms with van der Waals surface area (Å²) in [5.74, 6) is -0.0169. The normalized spacial score (nSPS) is 21.7. The van der Waals surface area contributed by atoms with E-state index in [0.717, 1.165) is 17.7 Å². The Kier molecular flexibility index (Phi) is 3.93. The second-order valence-electron chi connectivity index (χ2n) is 5.94. The topological polar surface area (TPSA) is 55.1 Å². The van der Waals surface area contributed by atoms with Gasteiger partial charge in [0.25, 0.3) is 0 Å². The molecule has 0 radical (unpaired) electrons. The fourth-order valence-electron chi connectivity index (χ4n) is 2.59. The van der Waals surface area contributed by atoms with Crippen LogP contribution in [0.4, 0.5) is 5.69 Å². The van der Waals surface area contributed by atoms with Crippen LogP contribution in [-0.2, 0) is 4.79 Å². The lowest BCUT2D eigenvalue weighted by Crippen LogP contribution is -2.40. The zero-order valence-electron chi connectivity index (χ0n) is 11.6. The molecule has 1 fully saturated rings. The zero-order valence-corrected chi connectivity index (χ0v) is 11.6. The van der Waals surface area contributed by atoms with Gasteiger partial charge in [0.05, 0.1) is 0 Å². The summed E-state index contributed by atoms with van der Waals surface area (Å²) < 4.78 is 0. The summed E-state index contributed by atoms with van der Waals surface area (Å²) in [6.07, 6.45) is 6.87. The standard InChI is InChI=1S/C16H22N2O/c1-16(2)11-3-4-14(16)18-15(19)10-7-12-5-8-13(17)9-6-12/h5-10,14H,3-4,11,17H2,1-2H3,(H,18,19)/b10-7+. The number of amides is 1. The Morgan fingerprint density at radius 1 is 1.37 bits per heavy atom. The Morgan fingerprint density at radius 2 is 2.05 bits per heavy atom. The molecule has 1 unspecified atom stereocenters. The van der Waals surface area contributed by atoms with E-state index >= 15 is 0 Å². The highest BCUT2D eigenvalue weighted by atomic mass is 16.1. The van der Waals surface area contributed by atoms with Gasteiger partial charge < -0.3 is 11.1 Å². The molecule has 0 bridgehead atoms. The fraction of sp³-hybridized carbons (Fsp3) is 0.438. The maximum Gasteiger partial charge on any atom is 0.244 e. The van der Waals surface area contributed by atoms with Crippen LogP contribution in [0, 0.1) is 5.41 Å². The number of hydrogen-bond donors (Lipinski definition) is 2. The van der Waals surface area contributed by atoms with Crippen LogP contribution < -0.4 is 11.1 Å². The van der Waals surface area contributed by atoms with E-state index in [1.54, 1.807) is 6.08 Å². The molecule has 1 atom stereocenters. The molecule has 3 N–H and O–H groups in total. The molecule has 0 aliphatic heterocycles. The van der Waals surface area contributed by atoms with Crippen molar-refractivity contribution in [3.63, 3.8) is 0 Å².